The normalized spacial score (nSPS) is 12.2. The van der Waals surface area contributed by atoms with Crippen LogP contribution in [0.15, 0.2) is 490 Å². The largest absolute Gasteiger partial charge is 0.456 e. The summed E-state index contributed by atoms with van der Waals surface area (Å²) in [5.41, 5.74) is 35.2. The molecule has 21 aromatic carbocycles. The van der Waals surface area contributed by atoms with E-state index in [-0.39, 0.29) is 10.8 Å². The van der Waals surface area contributed by atoms with Crippen LogP contribution in [-0.2, 0) is 10.8 Å². The summed E-state index contributed by atoms with van der Waals surface area (Å²) >= 11 is 1.88. The van der Waals surface area contributed by atoms with Crippen molar-refractivity contribution in [3.05, 3.63) is 508 Å². The molecule has 0 bridgehead atoms. The minimum atomic E-state index is 0.0239. The van der Waals surface area contributed by atoms with Crippen molar-refractivity contribution in [1.82, 2.24) is 27.4 Å². The molecule has 0 amide bonds. The van der Waals surface area contributed by atoms with Crippen molar-refractivity contribution in [3.8, 4) is 56.4 Å². The molecule has 8 aromatic heterocycles. The molecule has 8 heteroatoms. The summed E-state index contributed by atoms with van der Waals surface area (Å²) in [6.07, 6.45) is 0. The fourth-order valence-corrected chi connectivity index (χ4v) is 24.4. The maximum absolute atomic E-state index is 6.12. The van der Waals surface area contributed by atoms with Crippen molar-refractivity contribution in [3.63, 3.8) is 0 Å². The van der Waals surface area contributed by atoms with Crippen LogP contribution >= 0.6 is 11.3 Å². The molecule has 31 rings (SSSR count). The molecule has 0 spiro atoms. The van der Waals surface area contributed by atoms with Gasteiger partial charge in [-0.1, -0.05) is 400 Å². The summed E-state index contributed by atoms with van der Waals surface area (Å²) in [7, 11) is 0. The van der Waals surface area contributed by atoms with Gasteiger partial charge in [0, 0.05) is 141 Å². The Bertz CT molecular complexity index is 9430. The third-order valence-electron chi connectivity index (χ3n) is 29.6. The zero-order chi connectivity index (χ0) is 103. The fourth-order valence-electron chi connectivity index (χ4n) is 23.3. The van der Waals surface area contributed by atoms with Crippen LogP contribution in [0.1, 0.15) is 119 Å². The van der Waals surface area contributed by atoms with Crippen LogP contribution in [0.3, 0.4) is 0 Å². The molecule has 0 saturated heterocycles. The van der Waals surface area contributed by atoms with E-state index in [1.807, 2.05) is 92.7 Å². The lowest BCUT2D eigenvalue weighted by Crippen LogP contribution is -2.14. The van der Waals surface area contributed by atoms with Crippen molar-refractivity contribution in [2.75, 3.05) is 0 Å². The first-order valence-corrected chi connectivity index (χ1v) is 54.2. The molecule has 7 nitrogen and oxygen atoms in total. The summed E-state index contributed by atoms with van der Waals surface area (Å²) in [5, 5.41) is 20.5. The maximum Gasteiger partial charge on any atom is 0.136 e. The smallest absolute Gasteiger partial charge is 0.136 e. The fraction of sp³-hybridized carbons (Fsp3) is 0.113. The standard InChI is InChI=1S/C30H20N2.2C27H21N.C24H15NO.C24H15NS.5C2H6/c1-3-11-21(12-4-1)31-27-17-9-7-15-23(27)25-20-30-26(19-29(25)31)24-16-8-10-18-28(24)32(30)22-13-5-2-6-14-22;2*1-27(2)23-14-8-6-12-19(23)21-17-26-22(16-24(21)27)20-13-7-9-15-25(20)28(26)18-10-4-3-5-11-18;2*1-2-8-16(9-3-1)25-21-12-6-4-10-17(21)19-15-24-20(14-22(19)25)18-11-5-7-13-23(18)26-24;5*1-2/h1-20H;2*3-17H,1-2H3;2*1-15H;5*1-2H3. The van der Waals surface area contributed by atoms with Crippen molar-refractivity contribution < 1.29 is 4.42 Å². The number of fused-ring (bicyclic) bond motifs is 30. The lowest BCUT2D eigenvalue weighted by molar-refractivity contribution is 0.661. The van der Waals surface area contributed by atoms with E-state index in [9.17, 15) is 0 Å². The highest BCUT2D eigenvalue weighted by Crippen LogP contribution is 2.54. The summed E-state index contributed by atoms with van der Waals surface area (Å²) in [5.74, 6) is 0. The molecule has 0 N–H and O–H groups in total. The number of furan rings is 1. The van der Waals surface area contributed by atoms with Crippen LogP contribution in [0.25, 0.3) is 229 Å². The van der Waals surface area contributed by atoms with Gasteiger partial charge in [0.1, 0.15) is 11.2 Å². The van der Waals surface area contributed by atoms with Crippen molar-refractivity contribution >= 4 is 184 Å². The Morgan fingerprint density at radius 3 is 0.713 bits per heavy atom. The Kier molecular flexibility index (Phi) is 26.8. The number of para-hydroxylation sites is 13. The number of nitrogens with zero attached hydrogens (tertiary/aromatic N) is 6. The minimum Gasteiger partial charge on any atom is -0.456 e. The Hall–Kier alpha value is -17.6. The molecule has 0 fully saturated rings. The molecular formula is C142H122N6OS. The highest BCUT2D eigenvalue weighted by atomic mass is 32.1. The van der Waals surface area contributed by atoms with Crippen LogP contribution in [0.5, 0.6) is 0 Å². The Balaban J connectivity index is 0.000000104. The van der Waals surface area contributed by atoms with E-state index in [2.05, 4.69) is 528 Å². The number of thiophene rings is 1. The Morgan fingerprint density at radius 2 is 0.387 bits per heavy atom. The zero-order valence-corrected chi connectivity index (χ0v) is 88.5. The predicted molar refractivity (Wildman–Crippen MR) is 650 cm³/mol. The lowest BCUT2D eigenvalue weighted by atomic mass is 9.82. The summed E-state index contributed by atoms with van der Waals surface area (Å²) < 4.78 is 23.1. The van der Waals surface area contributed by atoms with E-state index in [0.717, 1.165) is 21.9 Å². The Morgan fingerprint density at radius 1 is 0.153 bits per heavy atom. The number of aromatic nitrogens is 6. The van der Waals surface area contributed by atoms with Crippen molar-refractivity contribution in [2.45, 2.75) is 108 Å². The first kappa shape index (κ1) is 97.2. The second-order valence-corrected chi connectivity index (χ2v) is 39.2. The lowest BCUT2D eigenvalue weighted by Gasteiger charge is -2.21. The third-order valence-corrected chi connectivity index (χ3v) is 30.8. The number of benzene rings is 21. The first-order chi connectivity index (χ1) is 74.0. The van der Waals surface area contributed by atoms with Crippen LogP contribution in [0.2, 0.25) is 0 Å². The maximum atomic E-state index is 6.12. The van der Waals surface area contributed by atoms with Gasteiger partial charge in [-0.15, -0.1) is 11.3 Å². The van der Waals surface area contributed by atoms with E-state index < -0.39 is 0 Å². The molecule has 0 unspecified atom stereocenters. The predicted octanol–water partition coefficient (Wildman–Crippen LogP) is 41.0. The quantitative estimate of drug-likeness (QED) is 0.164. The molecule has 0 saturated carbocycles. The van der Waals surface area contributed by atoms with Gasteiger partial charge in [0.05, 0.1) is 66.2 Å². The average molecular weight is 1960 g/mol. The minimum absolute atomic E-state index is 0.0239. The van der Waals surface area contributed by atoms with Crippen LogP contribution in [0, 0.1) is 0 Å². The monoisotopic (exact) mass is 1960 g/mol. The molecule has 29 aromatic rings. The SMILES string of the molecule is CC.CC.CC.CC.CC.CC1(C)c2ccccc2-c2cc3c(cc21)c1ccccc1n3-c1ccccc1.CC1(C)c2ccccc2-c2cc3c(cc21)c1ccccc1n3-c1ccccc1.c1ccc(-n2c3ccccc3c3cc4c(cc32)c2ccccc2n4-c2ccccc2)cc1.c1ccc(-n2c3ccccc3c3cc4oc5ccccc5c4cc32)cc1.c1ccc(-n2c3ccccc3c3cc4sc5ccccc5c4cc32)cc1. The van der Waals surface area contributed by atoms with E-state index in [1.165, 1.54) is 230 Å². The van der Waals surface area contributed by atoms with E-state index >= 15 is 0 Å². The average Bonchev–Trinajstić information content (AvgIpc) is 1.57. The van der Waals surface area contributed by atoms with Gasteiger partial charge in [-0.25, -0.2) is 0 Å². The highest BCUT2D eigenvalue weighted by molar-refractivity contribution is 7.25. The summed E-state index contributed by atoms with van der Waals surface area (Å²) in [6.45, 7) is 29.4. The molecular weight excluding hydrogens is 1840 g/mol. The Labute approximate surface area is 881 Å². The molecule has 732 valence electrons. The zero-order valence-electron chi connectivity index (χ0n) is 87.7. The molecule has 0 aliphatic heterocycles. The first-order valence-electron chi connectivity index (χ1n) is 53.4. The van der Waals surface area contributed by atoms with Crippen LogP contribution in [-0.4, -0.2) is 27.4 Å². The molecule has 150 heavy (non-hydrogen) atoms. The molecule has 2 aliphatic carbocycles. The van der Waals surface area contributed by atoms with Gasteiger partial charge in [-0.3, -0.25) is 0 Å². The van der Waals surface area contributed by atoms with Gasteiger partial charge in [0.25, 0.3) is 0 Å². The topological polar surface area (TPSA) is 42.7 Å². The number of hydrogen-bond acceptors (Lipinski definition) is 2. The highest BCUT2D eigenvalue weighted by Gasteiger charge is 2.38. The molecule has 8 heterocycles. The van der Waals surface area contributed by atoms with Gasteiger partial charge in [0.15, 0.2) is 0 Å². The second-order valence-electron chi connectivity index (χ2n) is 38.1. The molecule has 0 atom stereocenters. The summed E-state index contributed by atoms with van der Waals surface area (Å²) in [4.78, 5) is 0. The van der Waals surface area contributed by atoms with Crippen LogP contribution < -0.4 is 0 Å². The van der Waals surface area contributed by atoms with Gasteiger partial charge >= 0.3 is 0 Å². The van der Waals surface area contributed by atoms with Gasteiger partial charge in [0.2, 0.25) is 0 Å². The third kappa shape index (κ3) is 16.5. The number of rotatable bonds is 6. The van der Waals surface area contributed by atoms with E-state index in [1.54, 1.807) is 0 Å². The van der Waals surface area contributed by atoms with Gasteiger partial charge in [-0.05, 0) is 226 Å². The second kappa shape index (κ2) is 41.4. The van der Waals surface area contributed by atoms with Gasteiger partial charge in [-0.2, -0.15) is 0 Å². The van der Waals surface area contributed by atoms with E-state index in [0.29, 0.717) is 0 Å². The molecule has 2 aliphatic rings. The van der Waals surface area contributed by atoms with Gasteiger partial charge < -0.3 is 31.8 Å². The van der Waals surface area contributed by atoms with Crippen LogP contribution in [0.4, 0.5) is 0 Å². The van der Waals surface area contributed by atoms with E-state index in [4.69, 9.17) is 4.42 Å². The van der Waals surface area contributed by atoms with Crippen molar-refractivity contribution in [2.24, 2.45) is 0 Å². The molecule has 0 radical (unpaired) electrons. The number of hydrogen-bond donors (Lipinski definition) is 0. The van der Waals surface area contributed by atoms with Crippen molar-refractivity contribution in [1.29, 1.82) is 0 Å². The summed E-state index contributed by atoms with van der Waals surface area (Å²) in [6, 6.07) is 174.